The van der Waals surface area contributed by atoms with Crippen molar-refractivity contribution < 1.29 is 14.0 Å². The average Bonchev–Trinajstić information content (AvgIpc) is 2.86. The third-order valence-corrected chi connectivity index (χ3v) is 4.24. The van der Waals surface area contributed by atoms with Gasteiger partial charge in [-0.2, -0.15) is 0 Å². The number of hydrogen-bond acceptors (Lipinski definition) is 2. The molecule has 0 aromatic heterocycles. The van der Waals surface area contributed by atoms with Crippen molar-refractivity contribution in [1.82, 2.24) is 10.2 Å². The molecule has 5 nitrogen and oxygen atoms in total. The van der Waals surface area contributed by atoms with Crippen molar-refractivity contribution >= 4 is 23.5 Å². The van der Waals surface area contributed by atoms with E-state index in [1.54, 1.807) is 19.9 Å². The molecule has 22 heavy (non-hydrogen) atoms. The minimum atomic E-state index is -1.05. The number of benzene rings is 1. The number of primary amides is 1. The van der Waals surface area contributed by atoms with Crippen LogP contribution in [0.15, 0.2) is 18.2 Å². The molecule has 1 fully saturated rings. The topological polar surface area (TPSA) is 75.4 Å². The summed E-state index contributed by atoms with van der Waals surface area (Å²) in [5.41, 5.74) is 4.44. The Bertz CT molecular complexity index is 606. The van der Waals surface area contributed by atoms with E-state index in [0.717, 1.165) is 0 Å². The minimum absolute atomic E-state index is 0.172. The van der Waals surface area contributed by atoms with Crippen molar-refractivity contribution in [3.8, 4) is 0 Å². The second-order valence-electron chi connectivity index (χ2n) is 5.99. The van der Waals surface area contributed by atoms with Crippen LogP contribution in [0.25, 0.3) is 0 Å². The third kappa shape index (κ3) is 3.32. The molecule has 0 saturated carbocycles. The lowest BCUT2D eigenvalue weighted by Crippen LogP contribution is -2.47. The highest BCUT2D eigenvalue weighted by Gasteiger charge is 2.35. The van der Waals surface area contributed by atoms with Crippen LogP contribution in [0.1, 0.15) is 25.8 Å². The zero-order valence-electron chi connectivity index (χ0n) is 12.5. The van der Waals surface area contributed by atoms with E-state index in [1.807, 2.05) is 0 Å². The van der Waals surface area contributed by atoms with Crippen LogP contribution in [0, 0.1) is 5.82 Å². The molecule has 1 heterocycles. The lowest BCUT2D eigenvalue weighted by Gasteiger charge is -2.27. The van der Waals surface area contributed by atoms with Crippen LogP contribution in [0.2, 0.25) is 5.02 Å². The van der Waals surface area contributed by atoms with E-state index in [0.29, 0.717) is 19.5 Å². The van der Waals surface area contributed by atoms with Gasteiger partial charge in [-0.15, -0.1) is 0 Å². The number of amides is 3. The number of rotatable bonds is 3. The van der Waals surface area contributed by atoms with Gasteiger partial charge in [-0.05, 0) is 32.4 Å². The number of urea groups is 1. The summed E-state index contributed by atoms with van der Waals surface area (Å²) in [6.07, 6.45) is 0.633. The van der Waals surface area contributed by atoms with E-state index in [1.165, 1.54) is 17.0 Å². The molecule has 0 aliphatic carbocycles. The van der Waals surface area contributed by atoms with E-state index in [4.69, 9.17) is 17.3 Å². The molecule has 1 aromatic rings. The molecule has 3 amide bonds. The van der Waals surface area contributed by atoms with E-state index in [2.05, 4.69) is 5.32 Å². The molecule has 7 heteroatoms. The number of likely N-dealkylation sites (tertiary alicyclic amines) is 1. The van der Waals surface area contributed by atoms with Crippen LogP contribution < -0.4 is 11.1 Å². The number of hydrogen-bond donors (Lipinski definition) is 2. The van der Waals surface area contributed by atoms with Gasteiger partial charge in [-0.1, -0.05) is 17.7 Å². The Kier molecular flexibility index (Phi) is 4.60. The Morgan fingerprint density at radius 1 is 1.45 bits per heavy atom. The Balaban J connectivity index is 2.09. The summed E-state index contributed by atoms with van der Waals surface area (Å²) in [5.74, 6) is -0.817. The summed E-state index contributed by atoms with van der Waals surface area (Å²) in [6, 6.07) is 3.59. The van der Waals surface area contributed by atoms with E-state index in [-0.39, 0.29) is 22.5 Å². The number of nitrogens with zero attached hydrogens (tertiary/aromatic N) is 1. The average molecular weight is 328 g/mol. The van der Waals surface area contributed by atoms with Crippen molar-refractivity contribution in [2.45, 2.75) is 31.7 Å². The van der Waals surface area contributed by atoms with Crippen LogP contribution in [-0.4, -0.2) is 36.0 Å². The van der Waals surface area contributed by atoms with Gasteiger partial charge in [0.15, 0.2) is 0 Å². The van der Waals surface area contributed by atoms with E-state index >= 15 is 0 Å². The van der Waals surface area contributed by atoms with Gasteiger partial charge in [0.1, 0.15) is 5.82 Å². The Labute approximate surface area is 133 Å². The van der Waals surface area contributed by atoms with Crippen molar-refractivity contribution in [2.24, 2.45) is 5.73 Å². The third-order valence-electron chi connectivity index (χ3n) is 4.01. The molecule has 1 aromatic carbocycles. The number of carbonyl (C=O) groups excluding carboxylic acids is 2. The second-order valence-corrected chi connectivity index (χ2v) is 6.43. The lowest BCUT2D eigenvalue weighted by molar-refractivity contribution is -0.126. The van der Waals surface area contributed by atoms with Crippen molar-refractivity contribution in [3.05, 3.63) is 34.6 Å². The van der Waals surface area contributed by atoms with Gasteiger partial charge in [0.25, 0.3) is 0 Å². The maximum atomic E-state index is 14.1. The quantitative estimate of drug-likeness (QED) is 0.891. The summed E-state index contributed by atoms with van der Waals surface area (Å²) in [7, 11) is 0. The summed E-state index contributed by atoms with van der Waals surface area (Å²) in [5, 5.41) is 3.14. The summed E-state index contributed by atoms with van der Waals surface area (Å²) < 4.78 is 14.1. The molecule has 1 atom stereocenters. The summed E-state index contributed by atoms with van der Waals surface area (Å²) in [6.45, 7) is 4.18. The van der Waals surface area contributed by atoms with E-state index in [9.17, 15) is 14.0 Å². The standard InChI is InChI=1S/C15H19ClFN3O2/c1-15(2,11-4-3-9(16)7-12(11)17)13(21)19-10-5-6-20(8-10)14(18)22/h3-4,7,10H,5-6,8H2,1-2H3,(H2,18,22)(H,19,21). The first-order valence-electron chi connectivity index (χ1n) is 7.02. The van der Waals surface area contributed by atoms with Crippen molar-refractivity contribution in [2.75, 3.05) is 13.1 Å². The smallest absolute Gasteiger partial charge is 0.314 e. The van der Waals surface area contributed by atoms with E-state index < -0.39 is 17.3 Å². The molecule has 2 rings (SSSR count). The molecule has 0 radical (unpaired) electrons. The molecule has 120 valence electrons. The fourth-order valence-electron chi connectivity index (χ4n) is 2.56. The molecular weight excluding hydrogens is 309 g/mol. The van der Waals surface area contributed by atoms with Gasteiger partial charge in [-0.3, -0.25) is 4.79 Å². The van der Waals surface area contributed by atoms with Crippen molar-refractivity contribution in [1.29, 1.82) is 0 Å². The maximum absolute atomic E-state index is 14.1. The Hall–Kier alpha value is -1.82. The monoisotopic (exact) mass is 327 g/mol. The van der Waals surface area contributed by atoms with Crippen LogP contribution >= 0.6 is 11.6 Å². The highest BCUT2D eigenvalue weighted by molar-refractivity contribution is 6.30. The van der Waals surface area contributed by atoms with Gasteiger partial charge >= 0.3 is 6.03 Å². The number of nitrogens with two attached hydrogens (primary N) is 1. The lowest BCUT2D eigenvalue weighted by atomic mass is 9.83. The second kappa shape index (κ2) is 6.12. The summed E-state index contributed by atoms with van der Waals surface area (Å²) >= 11 is 5.74. The molecule has 3 N–H and O–H groups in total. The highest BCUT2D eigenvalue weighted by Crippen LogP contribution is 2.28. The fraction of sp³-hybridized carbons (Fsp3) is 0.467. The molecule has 0 bridgehead atoms. The summed E-state index contributed by atoms with van der Waals surface area (Å²) in [4.78, 5) is 25.1. The van der Waals surface area contributed by atoms with Crippen LogP contribution in [0.3, 0.4) is 0 Å². The Morgan fingerprint density at radius 2 is 2.14 bits per heavy atom. The molecule has 1 aliphatic rings. The van der Waals surface area contributed by atoms with Crippen LogP contribution in [0.4, 0.5) is 9.18 Å². The minimum Gasteiger partial charge on any atom is -0.351 e. The molecular formula is C15H19ClFN3O2. The van der Waals surface area contributed by atoms with Crippen molar-refractivity contribution in [3.63, 3.8) is 0 Å². The zero-order valence-corrected chi connectivity index (χ0v) is 13.3. The van der Waals surface area contributed by atoms with Crippen LogP contribution in [0.5, 0.6) is 0 Å². The fourth-order valence-corrected chi connectivity index (χ4v) is 2.72. The van der Waals surface area contributed by atoms with Gasteiger partial charge in [-0.25, -0.2) is 9.18 Å². The van der Waals surface area contributed by atoms with Gasteiger partial charge < -0.3 is 16.0 Å². The van der Waals surface area contributed by atoms with Gasteiger partial charge in [0.05, 0.1) is 5.41 Å². The normalized spacial score (nSPS) is 18.4. The molecule has 1 saturated heterocycles. The first-order valence-corrected chi connectivity index (χ1v) is 7.40. The predicted octanol–water partition coefficient (Wildman–Crippen LogP) is 2.03. The van der Waals surface area contributed by atoms with Gasteiger partial charge in [0, 0.05) is 29.7 Å². The SMILES string of the molecule is CC(C)(C(=O)NC1CCN(C(N)=O)C1)c1ccc(Cl)cc1F. The molecule has 0 spiro atoms. The van der Waals surface area contributed by atoms with Crippen LogP contribution in [-0.2, 0) is 10.2 Å². The number of carbonyl (C=O) groups is 2. The first kappa shape index (κ1) is 16.5. The number of nitrogens with one attached hydrogen (secondary N) is 1. The maximum Gasteiger partial charge on any atom is 0.314 e. The Morgan fingerprint density at radius 3 is 2.68 bits per heavy atom. The first-order chi connectivity index (χ1) is 10.2. The molecule has 1 unspecified atom stereocenters. The number of halogens is 2. The highest BCUT2D eigenvalue weighted by atomic mass is 35.5. The zero-order chi connectivity index (χ0) is 16.5. The predicted molar refractivity (Wildman–Crippen MR) is 82.1 cm³/mol. The van der Waals surface area contributed by atoms with Gasteiger partial charge in [0.2, 0.25) is 5.91 Å². The molecule has 1 aliphatic heterocycles. The largest absolute Gasteiger partial charge is 0.351 e.